The van der Waals surface area contributed by atoms with Crippen LogP contribution in [0.1, 0.15) is 40.0 Å². The van der Waals surface area contributed by atoms with Crippen molar-refractivity contribution >= 4 is 11.6 Å². The first-order valence-electron chi connectivity index (χ1n) is 5.67. The summed E-state index contributed by atoms with van der Waals surface area (Å²) in [5, 5.41) is 0. The van der Waals surface area contributed by atoms with Gasteiger partial charge in [0.15, 0.2) is 5.78 Å². The molecule has 2 rings (SSSR count). The molecule has 2 atom stereocenters. The van der Waals surface area contributed by atoms with Crippen LogP contribution in [0.15, 0.2) is 12.2 Å². The SMILES string of the molecule is C/C=C/C(=O)[C@]12CC[C@H](CC1=O)C2(C)C. The zero-order valence-corrected chi connectivity index (χ0v) is 9.67. The molecule has 0 saturated heterocycles. The summed E-state index contributed by atoms with van der Waals surface area (Å²) in [6.45, 7) is 5.99. The summed E-state index contributed by atoms with van der Waals surface area (Å²) in [5.74, 6) is 0.617. The molecule has 82 valence electrons. The third-order valence-electron chi connectivity index (χ3n) is 4.63. The maximum Gasteiger partial charge on any atom is 0.169 e. The second-order valence-corrected chi connectivity index (χ2v) is 5.35. The third-order valence-corrected chi connectivity index (χ3v) is 4.63. The highest BCUT2D eigenvalue weighted by molar-refractivity contribution is 6.14. The lowest BCUT2D eigenvalue weighted by molar-refractivity contribution is -0.140. The minimum atomic E-state index is -0.690. The van der Waals surface area contributed by atoms with Gasteiger partial charge < -0.3 is 0 Å². The zero-order chi connectivity index (χ0) is 11.3. The van der Waals surface area contributed by atoms with E-state index >= 15 is 0 Å². The molecule has 0 heterocycles. The number of carbonyl (C=O) groups excluding carboxylic acids is 2. The van der Waals surface area contributed by atoms with Crippen molar-refractivity contribution in [2.24, 2.45) is 16.7 Å². The predicted octanol–water partition coefficient (Wildman–Crippen LogP) is 2.53. The van der Waals surface area contributed by atoms with E-state index in [2.05, 4.69) is 13.8 Å². The van der Waals surface area contributed by atoms with Gasteiger partial charge in [0.05, 0.1) is 5.41 Å². The summed E-state index contributed by atoms with van der Waals surface area (Å²) >= 11 is 0. The van der Waals surface area contributed by atoms with Crippen LogP contribution in [-0.4, -0.2) is 11.6 Å². The second-order valence-electron chi connectivity index (χ2n) is 5.35. The largest absolute Gasteiger partial charge is 0.299 e. The molecule has 0 aromatic heterocycles. The summed E-state index contributed by atoms with van der Waals surface area (Å²) < 4.78 is 0. The predicted molar refractivity (Wildman–Crippen MR) is 58.4 cm³/mol. The van der Waals surface area contributed by atoms with Gasteiger partial charge in [-0.15, -0.1) is 0 Å². The van der Waals surface area contributed by atoms with Gasteiger partial charge in [0.1, 0.15) is 5.78 Å². The number of allylic oxidation sites excluding steroid dienone is 2. The van der Waals surface area contributed by atoms with Crippen LogP contribution in [-0.2, 0) is 9.59 Å². The Morgan fingerprint density at radius 1 is 1.47 bits per heavy atom. The Morgan fingerprint density at radius 2 is 2.13 bits per heavy atom. The van der Waals surface area contributed by atoms with E-state index in [0.717, 1.165) is 12.8 Å². The second kappa shape index (κ2) is 3.03. The quantitative estimate of drug-likeness (QED) is 0.514. The van der Waals surface area contributed by atoms with E-state index in [0.29, 0.717) is 12.3 Å². The van der Waals surface area contributed by atoms with Gasteiger partial charge in [-0.05, 0) is 37.2 Å². The third kappa shape index (κ3) is 1.05. The molecule has 2 bridgehead atoms. The molecule has 2 aliphatic rings. The number of rotatable bonds is 2. The lowest BCUT2D eigenvalue weighted by Crippen LogP contribution is -2.42. The fourth-order valence-corrected chi connectivity index (χ4v) is 3.55. The number of fused-ring (bicyclic) bond motifs is 2. The van der Waals surface area contributed by atoms with Crippen LogP contribution in [0.5, 0.6) is 0 Å². The molecule has 0 amide bonds. The Labute approximate surface area is 90.7 Å². The number of ketones is 2. The molecule has 2 nitrogen and oxygen atoms in total. The smallest absolute Gasteiger partial charge is 0.169 e. The highest BCUT2D eigenvalue weighted by Gasteiger charge is 2.67. The summed E-state index contributed by atoms with van der Waals surface area (Å²) in [6, 6.07) is 0. The summed E-state index contributed by atoms with van der Waals surface area (Å²) in [5.41, 5.74) is -0.829. The van der Waals surface area contributed by atoms with E-state index in [1.54, 1.807) is 12.2 Å². The Hall–Kier alpha value is -0.920. The molecule has 0 unspecified atom stereocenters. The molecule has 0 spiro atoms. The number of Topliss-reactive ketones (excluding diaryl/α,β-unsaturated/α-hetero) is 1. The molecule has 0 radical (unpaired) electrons. The van der Waals surface area contributed by atoms with E-state index in [-0.39, 0.29) is 17.0 Å². The van der Waals surface area contributed by atoms with E-state index in [1.165, 1.54) is 0 Å². The van der Waals surface area contributed by atoms with E-state index in [4.69, 9.17) is 0 Å². The maximum absolute atomic E-state index is 12.1. The first-order chi connectivity index (χ1) is 6.96. The molecule has 0 N–H and O–H groups in total. The molecule has 2 saturated carbocycles. The van der Waals surface area contributed by atoms with E-state index in [1.807, 2.05) is 6.92 Å². The van der Waals surface area contributed by atoms with Crippen molar-refractivity contribution in [1.29, 1.82) is 0 Å². The van der Waals surface area contributed by atoms with Gasteiger partial charge in [0.2, 0.25) is 0 Å². The van der Waals surface area contributed by atoms with Crippen molar-refractivity contribution in [3.05, 3.63) is 12.2 Å². The van der Waals surface area contributed by atoms with Crippen molar-refractivity contribution in [3.63, 3.8) is 0 Å². The Morgan fingerprint density at radius 3 is 2.53 bits per heavy atom. The molecular formula is C13H18O2. The summed E-state index contributed by atoms with van der Waals surface area (Å²) in [4.78, 5) is 24.2. The van der Waals surface area contributed by atoms with E-state index in [9.17, 15) is 9.59 Å². The van der Waals surface area contributed by atoms with Crippen molar-refractivity contribution in [2.75, 3.05) is 0 Å². The molecule has 0 aromatic carbocycles. The molecule has 2 fully saturated rings. The van der Waals surface area contributed by atoms with Crippen LogP contribution in [0.4, 0.5) is 0 Å². The Balaban J connectivity index is 2.48. The molecule has 0 aromatic rings. The number of hydrogen-bond donors (Lipinski definition) is 0. The summed E-state index contributed by atoms with van der Waals surface area (Å²) in [6.07, 6.45) is 5.71. The lowest BCUT2D eigenvalue weighted by Gasteiger charge is -2.34. The van der Waals surface area contributed by atoms with Crippen LogP contribution in [0, 0.1) is 16.7 Å². The highest BCUT2D eigenvalue weighted by atomic mass is 16.2. The first kappa shape index (κ1) is 10.6. The minimum absolute atomic E-state index is 0.0278. The molecule has 2 heteroatoms. The average Bonchev–Trinajstić information content (AvgIpc) is 2.51. The van der Waals surface area contributed by atoms with Gasteiger partial charge in [0, 0.05) is 6.42 Å². The van der Waals surface area contributed by atoms with Crippen LogP contribution in [0.25, 0.3) is 0 Å². The van der Waals surface area contributed by atoms with Crippen molar-refractivity contribution in [1.82, 2.24) is 0 Å². The highest BCUT2D eigenvalue weighted by Crippen LogP contribution is 2.64. The fourth-order valence-electron chi connectivity index (χ4n) is 3.55. The monoisotopic (exact) mass is 206 g/mol. The van der Waals surface area contributed by atoms with Crippen molar-refractivity contribution < 1.29 is 9.59 Å². The first-order valence-corrected chi connectivity index (χ1v) is 5.67. The lowest BCUT2D eigenvalue weighted by atomic mass is 9.66. The molecule has 2 aliphatic carbocycles. The van der Waals surface area contributed by atoms with Crippen LogP contribution in [0.3, 0.4) is 0 Å². The van der Waals surface area contributed by atoms with Gasteiger partial charge in [-0.25, -0.2) is 0 Å². The molecular weight excluding hydrogens is 188 g/mol. The van der Waals surface area contributed by atoms with Gasteiger partial charge in [0.25, 0.3) is 0 Å². The average molecular weight is 206 g/mol. The molecule has 0 aliphatic heterocycles. The van der Waals surface area contributed by atoms with Gasteiger partial charge in [-0.1, -0.05) is 19.9 Å². The standard InChI is InChI=1S/C13H18O2/c1-4-5-10(14)13-7-6-9(8-11(13)15)12(13,2)3/h4-5,9H,6-8H2,1-3H3/b5-4+/t9-,13-/m1/s1. The number of carbonyl (C=O) groups is 2. The fraction of sp³-hybridized carbons (Fsp3) is 0.692. The zero-order valence-electron chi connectivity index (χ0n) is 9.67. The topological polar surface area (TPSA) is 34.1 Å². The van der Waals surface area contributed by atoms with Crippen molar-refractivity contribution in [3.8, 4) is 0 Å². The van der Waals surface area contributed by atoms with Crippen LogP contribution in [0.2, 0.25) is 0 Å². The summed E-state index contributed by atoms with van der Waals surface area (Å²) in [7, 11) is 0. The normalized spacial score (nSPS) is 37.8. The van der Waals surface area contributed by atoms with Gasteiger partial charge in [-0.3, -0.25) is 9.59 Å². The number of hydrogen-bond acceptors (Lipinski definition) is 2. The Bertz CT molecular complexity index is 352. The van der Waals surface area contributed by atoms with Crippen molar-refractivity contribution in [2.45, 2.75) is 40.0 Å². The van der Waals surface area contributed by atoms with Crippen LogP contribution >= 0.6 is 0 Å². The van der Waals surface area contributed by atoms with Gasteiger partial charge >= 0.3 is 0 Å². The maximum atomic E-state index is 12.1. The van der Waals surface area contributed by atoms with Crippen LogP contribution < -0.4 is 0 Å². The minimum Gasteiger partial charge on any atom is -0.299 e. The van der Waals surface area contributed by atoms with E-state index < -0.39 is 5.41 Å². The Kier molecular flexibility index (Phi) is 2.14. The van der Waals surface area contributed by atoms with Gasteiger partial charge in [-0.2, -0.15) is 0 Å². The molecule has 15 heavy (non-hydrogen) atoms.